The third kappa shape index (κ3) is 201. The Bertz CT molecular complexity index is 90.4. The van der Waals surface area contributed by atoms with Crippen LogP contribution in [-0.4, -0.2) is 46.9 Å². The van der Waals surface area contributed by atoms with Crippen LogP contribution in [0.3, 0.4) is 0 Å². The van der Waals surface area contributed by atoms with Crippen molar-refractivity contribution in [3.05, 3.63) is 0 Å². The largest absolute Gasteiger partial charge is 4.00 e. The Balaban J connectivity index is -0.00000000484. The fourth-order valence-electron chi connectivity index (χ4n) is 0. The number of rotatable bonds is 1. The van der Waals surface area contributed by atoms with Gasteiger partial charge in [0.15, 0.2) is 5.96 Å². The second kappa shape index (κ2) is 76.8. The molecule has 0 amide bonds. The van der Waals surface area contributed by atoms with Crippen LogP contribution in [0.5, 0.6) is 0 Å². The summed E-state index contributed by atoms with van der Waals surface area (Å²) < 4.78 is 0. The summed E-state index contributed by atoms with van der Waals surface area (Å²) in [5.74, 6) is 0.329. The number of hydrogen-bond acceptors (Lipinski definition) is 3. The molecule has 0 spiro atoms. The van der Waals surface area contributed by atoms with E-state index in [2.05, 4.69) is 31.0 Å². The van der Waals surface area contributed by atoms with Gasteiger partial charge in [-0.2, -0.15) is 0 Å². The number of nitrogens with two attached hydrogens (primary N) is 4. The van der Waals surface area contributed by atoms with Gasteiger partial charge in [-0.15, -0.1) is 71.9 Å². The molecular formula is C6H24I7N5Pb. The van der Waals surface area contributed by atoms with Gasteiger partial charge in [-0.1, -0.05) is 13.8 Å². The minimum absolute atomic E-state index is 0. The summed E-state index contributed by atoms with van der Waals surface area (Å²) in [4.78, 5) is 0. The molecule has 13 heteroatoms. The monoisotopic (exact) mass is 1260 g/mol. The molecule has 5 nitrogen and oxygen atoms in total. The Hall–Kier alpha value is 5.22. The molecule has 0 aliphatic rings. The van der Waals surface area contributed by atoms with Gasteiger partial charge in [-0.3, -0.25) is 5.41 Å². The number of halogens is 7. The maximum atomic E-state index is 6.06. The molecule has 0 heterocycles. The van der Waals surface area contributed by atoms with Gasteiger partial charge >= 0.3 is 27.3 Å². The average Bonchev–Trinajstić information content (AvgIpc) is 1.91. The van der Waals surface area contributed by atoms with Gasteiger partial charge in [-0.05, 0) is 19.5 Å². The summed E-state index contributed by atoms with van der Waals surface area (Å²) in [5.41, 5.74) is 18.6. The van der Waals surface area contributed by atoms with Crippen LogP contribution in [0.1, 0.15) is 13.8 Å². The van der Waals surface area contributed by atoms with E-state index in [0.717, 1.165) is 6.54 Å². The summed E-state index contributed by atoms with van der Waals surface area (Å²) in [6.07, 6.45) is 0. The summed E-state index contributed by atoms with van der Waals surface area (Å²) >= 11 is 0. The van der Waals surface area contributed by atoms with Gasteiger partial charge in [0.1, 0.15) is 0 Å². The van der Waals surface area contributed by atoms with Crippen LogP contribution in [0.2, 0.25) is 0 Å². The van der Waals surface area contributed by atoms with Crippen LogP contribution >= 0.6 is 71.9 Å². The Morgan fingerprint density at radius 2 is 0.947 bits per heavy atom. The molecule has 0 saturated heterocycles. The van der Waals surface area contributed by atoms with Crippen molar-refractivity contribution in [1.82, 2.24) is 0 Å². The standard InChI is InChI=1S/C4H11N.CH5N3.CH5N.7HI.Pb/c1-4(2)3-5;2-1(3)4;1-2;;;;;;;;/h4H,3,5H2,1-2H3;(H5,2,3,4);2H2,1H3;7*1H;/q;;;;;;;;;;+4/p-4. The molecule has 0 rings (SSSR count). The summed E-state index contributed by atoms with van der Waals surface area (Å²) in [6, 6.07) is 0. The Morgan fingerprint density at radius 3 is 0.947 bits per heavy atom. The van der Waals surface area contributed by atoms with Gasteiger partial charge in [0.05, 0.1) is 0 Å². The van der Waals surface area contributed by atoms with Crippen molar-refractivity contribution < 1.29 is 95.9 Å². The molecule has 19 heavy (non-hydrogen) atoms. The second-order valence-corrected chi connectivity index (χ2v) is 2.08. The predicted molar refractivity (Wildman–Crippen MR) is 102 cm³/mol. The van der Waals surface area contributed by atoms with Gasteiger partial charge in [0.2, 0.25) is 0 Å². The predicted octanol–water partition coefficient (Wildman–Crippen LogP) is -11.5. The first kappa shape index (κ1) is 74.7. The zero-order valence-electron chi connectivity index (χ0n) is 10.8. The Labute approximate surface area is 257 Å². The van der Waals surface area contributed by atoms with Crippen LogP contribution in [-0.2, 0) is 0 Å². The zero-order valence-corrected chi connectivity index (χ0v) is 30.3. The van der Waals surface area contributed by atoms with E-state index in [4.69, 9.17) is 11.1 Å². The Kier molecular flexibility index (Phi) is 302. The second-order valence-electron chi connectivity index (χ2n) is 2.08. The molecule has 0 aliphatic carbocycles. The average molecular weight is 1260 g/mol. The summed E-state index contributed by atoms with van der Waals surface area (Å²) in [7, 11) is 1.50. The van der Waals surface area contributed by atoms with Crippen molar-refractivity contribution in [2.45, 2.75) is 13.8 Å². The van der Waals surface area contributed by atoms with Gasteiger partial charge in [0.25, 0.3) is 0 Å². The molecule has 0 aliphatic heterocycles. The van der Waals surface area contributed by atoms with Crippen molar-refractivity contribution in [1.29, 1.82) is 5.41 Å². The molecule has 0 aromatic carbocycles. The molecule has 0 fully saturated rings. The van der Waals surface area contributed by atoms with Crippen LogP contribution in [0, 0.1) is 11.3 Å². The topological polar surface area (TPSA) is 128 Å². The normalized spacial score (nSPS) is 4.11. The van der Waals surface area contributed by atoms with E-state index in [0.29, 0.717) is 5.92 Å². The maximum Gasteiger partial charge on any atom is 4.00 e. The van der Waals surface area contributed by atoms with Crippen LogP contribution in [0.15, 0.2) is 0 Å². The van der Waals surface area contributed by atoms with E-state index in [-0.39, 0.29) is 201 Å². The quantitative estimate of drug-likeness (QED) is 0.0775. The molecule has 0 saturated carbocycles. The van der Waals surface area contributed by atoms with Crippen molar-refractivity contribution in [2.75, 3.05) is 13.6 Å². The molecule has 0 atom stereocenters. The number of guanidine groups is 1. The molecule has 0 bridgehead atoms. The van der Waals surface area contributed by atoms with Gasteiger partial charge < -0.3 is 119 Å². The minimum atomic E-state index is -0.333. The van der Waals surface area contributed by atoms with Gasteiger partial charge in [0, 0.05) is 0 Å². The summed E-state index contributed by atoms with van der Waals surface area (Å²) in [5, 5.41) is 6.06. The van der Waals surface area contributed by atoms with E-state index < -0.39 is 0 Å². The molecule has 0 aromatic heterocycles. The van der Waals surface area contributed by atoms with Crippen molar-refractivity contribution in [3.63, 3.8) is 0 Å². The first-order valence-electron chi connectivity index (χ1n) is 3.38. The summed E-state index contributed by atoms with van der Waals surface area (Å²) in [6.45, 7) is 5.00. The number of nitrogens with one attached hydrogen (secondary N) is 1. The molecule has 0 radical (unpaired) electrons. The minimum Gasteiger partial charge on any atom is -1.00 e. The first-order chi connectivity index (χ1) is 5.00. The fourth-order valence-corrected chi connectivity index (χ4v) is 0. The van der Waals surface area contributed by atoms with E-state index in [1.54, 1.807) is 0 Å². The molecule has 9 N–H and O–H groups in total. The molecule has 126 valence electrons. The molecular weight excluding hydrogens is 1240 g/mol. The van der Waals surface area contributed by atoms with E-state index in [1.807, 2.05) is 0 Å². The van der Waals surface area contributed by atoms with Crippen LogP contribution in [0.25, 0.3) is 0 Å². The Morgan fingerprint density at radius 1 is 0.895 bits per heavy atom. The van der Waals surface area contributed by atoms with Crippen molar-refractivity contribution in [2.24, 2.45) is 28.9 Å². The zero-order chi connectivity index (χ0) is 9.86. The van der Waals surface area contributed by atoms with Crippen LogP contribution < -0.4 is 119 Å². The third-order valence-corrected chi connectivity index (χ3v) is 0.471. The van der Waals surface area contributed by atoms with E-state index >= 15 is 0 Å². The van der Waals surface area contributed by atoms with Gasteiger partial charge in [-0.25, -0.2) is 0 Å². The van der Waals surface area contributed by atoms with Crippen molar-refractivity contribution >= 4 is 105 Å². The van der Waals surface area contributed by atoms with E-state index in [1.165, 1.54) is 7.05 Å². The molecule has 0 unspecified atom stereocenters. The number of hydrogen-bond donors (Lipinski definition) is 5. The molecule has 0 aromatic rings. The fraction of sp³-hybridized carbons (Fsp3) is 0.833. The smallest absolute Gasteiger partial charge is 1.00 e. The van der Waals surface area contributed by atoms with E-state index in [9.17, 15) is 0 Å². The first-order valence-corrected chi connectivity index (χ1v) is 3.38. The SMILES string of the molecule is CC(C)CN.CN.I.I.I.N=C(N)N.[I-].[I-].[I-].[I-].[Pb+4]. The third-order valence-electron chi connectivity index (χ3n) is 0.471. The van der Waals surface area contributed by atoms with Crippen LogP contribution in [0.4, 0.5) is 0 Å². The maximum absolute atomic E-state index is 6.06. The van der Waals surface area contributed by atoms with Crippen molar-refractivity contribution in [3.8, 4) is 0 Å².